The summed E-state index contributed by atoms with van der Waals surface area (Å²) in [4.78, 5) is 12.2. The highest BCUT2D eigenvalue weighted by atomic mass is 32.2. The lowest BCUT2D eigenvalue weighted by Crippen LogP contribution is -2.31. The lowest BCUT2D eigenvalue weighted by molar-refractivity contribution is 0.0889. The normalized spacial score (nSPS) is 23.0. The highest BCUT2D eigenvalue weighted by molar-refractivity contribution is 7.91. The molecule has 0 aromatic heterocycles. The molecule has 2 rings (SSSR count). The Bertz CT molecular complexity index is 647. The van der Waals surface area contributed by atoms with Crippen molar-refractivity contribution < 1.29 is 26.4 Å². The van der Waals surface area contributed by atoms with E-state index in [-0.39, 0.29) is 12.0 Å². The van der Waals surface area contributed by atoms with Gasteiger partial charge in [0.2, 0.25) is 0 Å². The van der Waals surface area contributed by atoms with Crippen LogP contribution in [0.5, 0.6) is 0 Å². The van der Waals surface area contributed by atoms with Crippen molar-refractivity contribution in [1.82, 2.24) is 0 Å². The minimum Gasteiger partial charge on any atom is -0.294 e. The maximum absolute atomic E-state index is 13.2. The minimum absolute atomic E-state index is 0.137. The van der Waals surface area contributed by atoms with Crippen molar-refractivity contribution in [2.24, 2.45) is 5.92 Å². The van der Waals surface area contributed by atoms with E-state index in [1.807, 2.05) is 0 Å². The predicted octanol–water partition coefficient (Wildman–Crippen LogP) is 2.89. The van der Waals surface area contributed by atoms with Gasteiger partial charge in [-0.15, -0.1) is 0 Å². The first-order valence-corrected chi connectivity index (χ1v) is 8.53. The number of hydrogen-bond donors (Lipinski definition) is 0. The highest BCUT2D eigenvalue weighted by Crippen LogP contribution is 2.31. The van der Waals surface area contributed by atoms with E-state index in [2.05, 4.69) is 0 Å². The molecule has 3 nitrogen and oxygen atoms in total. The van der Waals surface area contributed by atoms with Crippen molar-refractivity contribution in [3.8, 4) is 0 Å². The van der Waals surface area contributed by atoms with Gasteiger partial charge in [0.25, 0.3) is 0 Å². The van der Waals surface area contributed by atoms with Crippen LogP contribution in [-0.4, -0.2) is 25.7 Å². The first-order chi connectivity index (χ1) is 9.70. The van der Waals surface area contributed by atoms with Gasteiger partial charge in [-0.2, -0.15) is 0 Å². The Hall–Kier alpha value is -1.37. The van der Waals surface area contributed by atoms with E-state index in [4.69, 9.17) is 0 Å². The molecular formula is C14H15F3O3S. The maximum Gasteiger partial charge on any atom is 0.194 e. The van der Waals surface area contributed by atoms with Gasteiger partial charge in [-0.25, -0.2) is 21.6 Å². The van der Waals surface area contributed by atoms with Gasteiger partial charge in [0.15, 0.2) is 23.2 Å². The van der Waals surface area contributed by atoms with Crippen molar-refractivity contribution >= 4 is 15.6 Å². The summed E-state index contributed by atoms with van der Waals surface area (Å²) in [5, 5.41) is -0.615. The van der Waals surface area contributed by atoms with E-state index in [9.17, 15) is 26.4 Å². The van der Waals surface area contributed by atoms with Gasteiger partial charge in [-0.1, -0.05) is 6.42 Å². The second kappa shape index (κ2) is 5.79. The van der Waals surface area contributed by atoms with Gasteiger partial charge in [-0.05, 0) is 31.4 Å². The molecule has 0 radical (unpaired) electrons. The summed E-state index contributed by atoms with van der Waals surface area (Å²) >= 11 is 0. The van der Waals surface area contributed by atoms with E-state index in [1.54, 1.807) is 0 Å². The molecule has 0 spiro atoms. The van der Waals surface area contributed by atoms with Crippen LogP contribution in [0.25, 0.3) is 0 Å². The Morgan fingerprint density at radius 1 is 1.14 bits per heavy atom. The van der Waals surface area contributed by atoms with Crippen LogP contribution in [0.1, 0.15) is 36.0 Å². The van der Waals surface area contributed by atoms with Crippen LogP contribution in [0.4, 0.5) is 13.2 Å². The molecule has 1 saturated carbocycles. The second-order valence-corrected chi connectivity index (χ2v) is 7.76. The number of ketones is 1. The fourth-order valence-electron chi connectivity index (χ4n) is 2.71. The predicted molar refractivity (Wildman–Crippen MR) is 71.2 cm³/mol. The Balaban J connectivity index is 2.24. The summed E-state index contributed by atoms with van der Waals surface area (Å²) in [5.74, 6) is -5.62. The maximum atomic E-state index is 13.2. The summed E-state index contributed by atoms with van der Waals surface area (Å²) in [6.07, 6.45) is 2.75. The topological polar surface area (TPSA) is 51.2 Å². The average Bonchev–Trinajstić information content (AvgIpc) is 2.42. The summed E-state index contributed by atoms with van der Waals surface area (Å²) < 4.78 is 62.4. The van der Waals surface area contributed by atoms with Gasteiger partial charge < -0.3 is 0 Å². The summed E-state index contributed by atoms with van der Waals surface area (Å²) in [5.41, 5.74) is -0.259. The van der Waals surface area contributed by atoms with Crippen LogP contribution in [0, 0.1) is 23.4 Å². The summed E-state index contributed by atoms with van der Waals surface area (Å²) in [6.45, 7) is 0. The van der Waals surface area contributed by atoms with Crippen LogP contribution >= 0.6 is 0 Å². The van der Waals surface area contributed by atoms with E-state index < -0.39 is 44.2 Å². The molecule has 1 fully saturated rings. The fourth-order valence-corrected chi connectivity index (χ4v) is 3.88. The molecule has 0 amide bonds. The highest BCUT2D eigenvalue weighted by Gasteiger charge is 2.33. The smallest absolute Gasteiger partial charge is 0.194 e. The molecular weight excluding hydrogens is 305 g/mol. The fraction of sp³-hybridized carbons (Fsp3) is 0.500. The zero-order chi connectivity index (χ0) is 15.8. The Labute approximate surface area is 121 Å². The zero-order valence-electron chi connectivity index (χ0n) is 11.4. The number of rotatable bonds is 3. The van der Waals surface area contributed by atoms with Crippen LogP contribution in [0.3, 0.4) is 0 Å². The van der Waals surface area contributed by atoms with Crippen LogP contribution in [0.15, 0.2) is 12.1 Å². The molecule has 0 heterocycles. The van der Waals surface area contributed by atoms with Crippen LogP contribution in [0.2, 0.25) is 0 Å². The first-order valence-electron chi connectivity index (χ1n) is 6.57. The third-order valence-corrected chi connectivity index (χ3v) is 5.51. The van der Waals surface area contributed by atoms with Crippen molar-refractivity contribution in [3.05, 3.63) is 35.1 Å². The van der Waals surface area contributed by atoms with E-state index >= 15 is 0 Å². The average molecular weight is 320 g/mol. The largest absolute Gasteiger partial charge is 0.294 e. The van der Waals surface area contributed by atoms with Gasteiger partial charge in [0, 0.05) is 17.7 Å². The standard InChI is InChI=1S/C14H15F3O3S/c1-21(19,20)10-4-2-3-8(5-10)14(18)9-6-11(15)13(17)12(16)7-9/h6-8,10H,2-5H2,1H3. The number of hydrogen-bond acceptors (Lipinski definition) is 3. The van der Waals surface area contributed by atoms with Crippen molar-refractivity contribution in [1.29, 1.82) is 0 Å². The molecule has 21 heavy (non-hydrogen) atoms. The van der Waals surface area contributed by atoms with Crippen LogP contribution in [-0.2, 0) is 9.84 Å². The van der Waals surface area contributed by atoms with Gasteiger partial charge in [0.05, 0.1) is 5.25 Å². The molecule has 1 aliphatic rings. The number of halogens is 3. The molecule has 7 heteroatoms. The lowest BCUT2D eigenvalue weighted by Gasteiger charge is -2.27. The molecule has 1 aromatic carbocycles. The van der Waals surface area contributed by atoms with Gasteiger partial charge >= 0.3 is 0 Å². The number of sulfone groups is 1. The number of Topliss-reactive ketones (excluding diaryl/α,β-unsaturated/α-hetero) is 1. The number of carbonyl (C=O) groups excluding carboxylic acids is 1. The molecule has 2 atom stereocenters. The Morgan fingerprint density at radius 3 is 2.24 bits per heavy atom. The number of benzene rings is 1. The lowest BCUT2D eigenvalue weighted by atomic mass is 9.83. The zero-order valence-corrected chi connectivity index (χ0v) is 12.2. The molecule has 116 valence electrons. The first kappa shape index (κ1) is 16.0. The van der Waals surface area contributed by atoms with Crippen molar-refractivity contribution in [2.45, 2.75) is 30.9 Å². The van der Waals surface area contributed by atoms with E-state index in [0.29, 0.717) is 31.4 Å². The molecule has 0 aliphatic heterocycles. The second-order valence-electron chi connectivity index (χ2n) is 5.43. The third kappa shape index (κ3) is 3.45. The van der Waals surface area contributed by atoms with Crippen molar-refractivity contribution in [3.63, 3.8) is 0 Å². The molecule has 0 N–H and O–H groups in total. The van der Waals surface area contributed by atoms with Gasteiger partial charge in [-0.3, -0.25) is 4.79 Å². The quantitative estimate of drug-likeness (QED) is 0.635. The molecule has 1 aliphatic carbocycles. The van der Waals surface area contributed by atoms with Crippen molar-refractivity contribution in [2.75, 3.05) is 6.26 Å². The summed E-state index contributed by atoms with van der Waals surface area (Å²) in [6, 6.07) is 1.32. The molecule has 0 bridgehead atoms. The summed E-state index contributed by atoms with van der Waals surface area (Å²) in [7, 11) is -3.26. The monoisotopic (exact) mass is 320 g/mol. The minimum atomic E-state index is -3.26. The Kier molecular flexibility index (Phi) is 4.41. The molecule has 1 aromatic rings. The molecule has 2 unspecified atom stereocenters. The Morgan fingerprint density at radius 2 is 1.71 bits per heavy atom. The third-order valence-electron chi connectivity index (χ3n) is 3.87. The SMILES string of the molecule is CS(=O)(=O)C1CCCC(C(=O)c2cc(F)c(F)c(F)c2)C1. The number of carbonyl (C=O) groups is 1. The van der Waals surface area contributed by atoms with E-state index in [0.717, 1.165) is 6.26 Å². The molecule has 0 saturated heterocycles. The van der Waals surface area contributed by atoms with E-state index in [1.165, 1.54) is 0 Å². The van der Waals surface area contributed by atoms with Crippen LogP contribution < -0.4 is 0 Å². The van der Waals surface area contributed by atoms with Gasteiger partial charge in [0.1, 0.15) is 9.84 Å².